The molecule has 2 N–H and O–H groups in total. The molecule has 0 saturated carbocycles. The third-order valence-electron chi connectivity index (χ3n) is 6.54. The first-order valence-electron chi connectivity index (χ1n) is 12.9. The van der Waals surface area contributed by atoms with Crippen LogP contribution in [0.1, 0.15) is 57.0 Å². The standard InChI is InChI=1S/C28H42N4O3S/c1-7-19(3)23(14-12-22(33)10-9-15-32(5)6)31-28(35)21(17-26(34)29-4)18-27-30-24-13-11-20(8-2)16-25(24)36-27/h9-11,13,16,19,21,23H,7-8,12,14-15,17-18H2,1-6H3,(H,29,34)(H,31,35)/b10-9+/t19-,21-,23+/m0/s1. The van der Waals surface area contributed by atoms with Gasteiger partial charge in [-0.2, -0.15) is 0 Å². The van der Waals surface area contributed by atoms with E-state index in [-0.39, 0.29) is 36.0 Å². The number of nitrogens with one attached hydrogen (secondary N) is 2. The molecule has 2 aromatic rings. The van der Waals surface area contributed by atoms with Gasteiger partial charge in [-0.1, -0.05) is 39.3 Å². The molecule has 0 fully saturated rings. The normalized spacial score (nSPS) is 14.2. The van der Waals surface area contributed by atoms with Gasteiger partial charge in [0.15, 0.2) is 5.78 Å². The van der Waals surface area contributed by atoms with Crippen molar-refractivity contribution in [3.63, 3.8) is 0 Å². The number of ketones is 1. The molecule has 0 aliphatic carbocycles. The van der Waals surface area contributed by atoms with Gasteiger partial charge < -0.3 is 15.5 Å². The van der Waals surface area contributed by atoms with Gasteiger partial charge in [0.05, 0.1) is 21.1 Å². The summed E-state index contributed by atoms with van der Waals surface area (Å²) in [4.78, 5) is 44.7. The summed E-state index contributed by atoms with van der Waals surface area (Å²) in [7, 11) is 5.49. The molecule has 0 unspecified atom stereocenters. The van der Waals surface area contributed by atoms with Crippen LogP contribution in [0.25, 0.3) is 10.2 Å². The van der Waals surface area contributed by atoms with Gasteiger partial charge in [0.2, 0.25) is 11.8 Å². The van der Waals surface area contributed by atoms with Crippen molar-refractivity contribution in [2.45, 2.75) is 65.3 Å². The van der Waals surface area contributed by atoms with Crippen LogP contribution in [0.4, 0.5) is 0 Å². The number of thiazole rings is 1. The topological polar surface area (TPSA) is 91.4 Å². The van der Waals surface area contributed by atoms with Gasteiger partial charge in [-0.3, -0.25) is 14.4 Å². The number of allylic oxidation sites excluding steroid dienone is 1. The SMILES string of the molecule is CCc1ccc2nc(C[C@H](CC(=O)NC)C(=O)N[C@H](CCC(=O)/C=C/CN(C)C)[C@@H](C)CC)sc2c1. The Kier molecular flexibility index (Phi) is 12.2. The number of rotatable bonds is 15. The van der Waals surface area contributed by atoms with Crippen molar-refractivity contribution in [2.24, 2.45) is 11.8 Å². The van der Waals surface area contributed by atoms with Crippen molar-refractivity contribution in [2.75, 3.05) is 27.7 Å². The Bertz CT molecular complexity index is 1050. The minimum Gasteiger partial charge on any atom is -0.359 e. The highest BCUT2D eigenvalue weighted by Crippen LogP contribution is 2.26. The summed E-state index contributed by atoms with van der Waals surface area (Å²) < 4.78 is 1.10. The number of nitrogens with zero attached hydrogens (tertiary/aromatic N) is 2. The van der Waals surface area contributed by atoms with E-state index in [1.807, 2.05) is 31.1 Å². The van der Waals surface area contributed by atoms with Crippen LogP contribution in [0.5, 0.6) is 0 Å². The number of aryl methyl sites for hydroxylation is 1. The molecule has 8 heteroatoms. The minimum atomic E-state index is -0.529. The molecule has 1 heterocycles. The largest absolute Gasteiger partial charge is 0.359 e. The van der Waals surface area contributed by atoms with Crippen molar-refractivity contribution in [3.05, 3.63) is 40.9 Å². The van der Waals surface area contributed by atoms with E-state index in [2.05, 4.69) is 43.5 Å². The fourth-order valence-corrected chi connectivity index (χ4v) is 5.09. The number of aromatic nitrogens is 1. The van der Waals surface area contributed by atoms with Gasteiger partial charge in [-0.25, -0.2) is 4.98 Å². The number of hydrogen-bond donors (Lipinski definition) is 2. The summed E-state index contributed by atoms with van der Waals surface area (Å²) in [6.45, 7) is 7.00. The van der Waals surface area contributed by atoms with Crippen molar-refractivity contribution >= 4 is 39.2 Å². The first-order valence-corrected chi connectivity index (χ1v) is 13.7. The van der Waals surface area contributed by atoms with E-state index in [0.717, 1.165) is 28.1 Å². The summed E-state index contributed by atoms with van der Waals surface area (Å²) in [6.07, 6.45) is 6.76. The van der Waals surface area contributed by atoms with Gasteiger partial charge in [0, 0.05) is 38.9 Å². The van der Waals surface area contributed by atoms with Crippen molar-refractivity contribution in [3.8, 4) is 0 Å². The minimum absolute atomic E-state index is 0.0576. The van der Waals surface area contributed by atoms with Gasteiger partial charge in [0.1, 0.15) is 0 Å². The van der Waals surface area contributed by atoms with Crippen LogP contribution in [0.2, 0.25) is 0 Å². The molecule has 0 radical (unpaired) electrons. The lowest BCUT2D eigenvalue weighted by atomic mass is 9.92. The summed E-state index contributed by atoms with van der Waals surface area (Å²) in [6, 6.07) is 6.11. The zero-order chi connectivity index (χ0) is 26.7. The van der Waals surface area contributed by atoms with Crippen LogP contribution < -0.4 is 10.6 Å². The smallest absolute Gasteiger partial charge is 0.224 e. The van der Waals surface area contributed by atoms with Crippen LogP contribution in [0.3, 0.4) is 0 Å². The van der Waals surface area contributed by atoms with Crippen molar-refractivity contribution in [1.29, 1.82) is 0 Å². The van der Waals surface area contributed by atoms with Gasteiger partial charge >= 0.3 is 0 Å². The van der Waals surface area contributed by atoms with Crippen LogP contribution >= 0.6 is 11.3 Å². The Morgan fingerprint density at radius 1 is 1.19 bits per heavy atom. The average molecular weight is 515 g/mol. The van der Waals surface area contributed by atoms with E-state index in [1.165, 1.54) is 5.56 Å². The maximum absolute atomic E-state index is 13.4. The molecule has 198 valence electrons. The molecule has 0 aliphatic rings. The Morgan fingerprint density at radius 3 is 2.58 bits per heavy atom. The Hall–Kier alpha value is -2.58. The Balaban J connectivity index is 2.13. The van der Waals surface area contributed by atoms with E-state index in [4.69, 9.17) is 4.98 Å². The fourth-order valence-electron chi connectivity index (χ4n) is 3.98. The molecule has 0 spiro atoms. The fraction of sp³-hybridized carbons (Fsp3) is 0.571. The second-order valence-electron chi connectivity index (χ2n) is 9.71. The van der Waals surface area contributed by atoms with E-state index >= 15 is 0 Å². The predicted molar refractivity (Wildman–Crippen MR) is 148 cm³/mol. The van der Waals surface area contributed by atoms with E-state index in [1.54, 1.807) is 24.5 Å². The monoisotopic (exact) mass is 514 g/mol. The van der Waals surface area contributed by atoms with Gasteiger partial charge in [0.25, 0.3) is 0 Å². The lowest BCUT2D eigenvalue weighted by Gasteiger charge is -2.26. The lowest BCUT2D eigenvalue weighted by molar-refractivity contribution is -0.131. The van der Waals surface area contributed by atoms with E-state index in [9.17, 15) is 14.4 Å². The molecular weight excluding hydrogens is 472 g/mol. The van der Waals surface area contributed by atoms with Crippen molar-refractivity contribution in [1.82, 2.24) is 20.5 Å². The zero-order valence-electron chi connectivity index (χ0n) is 22.6. The van der Waals surface area contributed by atoms with E-state index < -0.39 is 5.92 Å². The molecule has 2 rings (SSSR count). The first-order chi connectivity index (χ1) is 17.2. The second-order valence-corrected chi connectivity index (χ2v) is 10.8. The quantitative estimate of drug-likeness (QED) is 0.349. The zero-order valence-corrected chi connectivity index (χ0v) is 23.4. The molecule has 0 saturated heterocycles. The molecule has 36 heavy (non-hydrogen) atoms. The van der Waals surface area contributed by atoms with Crippen molar-refractivity contribution < 1.29 is 14.4 Å². The summed E-state index contributed by atoms with van der Waals surface area (Å²) >= 11 is 1.58. The molecule has 7 nitrogen and oxygen atoms in total. The lowest BCUT2D eigenvalue weighted by Crippen LogP contribution is -2.44. The molecular formula is C28H42N4O3S. The number of carbonyl (C=O) groups excluding carboxylic acids is 3. The van der Waals surface area contributed by atoms with Gasteiger partial charge in [-0.05, 0) is 56.6 Å². The highest BCUT2D eigenvalue weighted by Gasteiger charge is 2.27. The third-order valence-corrected chi connectivity index (χ3v) is 7.58. The van der Waals surface area contributed by atoms with Crippen LogP contribution in [0, 0.1) is 11.8 Å². The first kappa shape index (κ1) is 29.6. The molecule has 3 atom stereocenters. The highest BCUT2D eigenvalue weighted by atomic mass is 32.1. The summed E-state index contributed by atoms with van der Waals surface area (Å²) in [5.41, 5.74) is 2.17. The molecule has 0 bridgehead atoms. The summed E-state index contributed by atoms with van der Waals surface area (Å²) in [5, 5.41) is 6.66. The molecule has 1 aromatic carbocycles. The second kappa shape index (κ2) is 14.9. The van der Waals surface area contributed by atoms with Crippen LogP contribution in [0.15, 0.2) is 30.4 Å². The number of carbonyl (C=O) groups is 3. The van der Waals surface area contributed by atoms with Crippen LogP contribution in [-0.4, -0.2) is 61.2 Å². The maximum Gasteiger partial charge on any atom is 0.224 e. The number of amides is 2. The maximum atomic E-state index is 13.4. The Labute approximate surface area is 219 Å². The van der Waals surface area contributed by atoms with Gasteiger partial charge in [-0.15, -0.1) is 11.3 Å². The number of likely N-dealkylation sites (N-methyl/N-ethyl adjacent to an activating group) is 1. The Morgan fingerprint density at radius 2 is 1.94 bits per heavy atom. The van der Waals surface area contributed by atoms with E-state index in [0.29, 0.717) is 25.8 Å². The summed E-state index contributed by atoms with van der Waals surface area (Å²) in [5.74, 6) is -0.595. The molecule has 0 aliphatic heterocycles. The number of hydrogen-bond acceptors (Lipinski definition) is 6. The number of fused-ring (bicyclic) bond motifs is 1. The predicted octanol–water partition coefficient (Wildman–Crippen LogP) is 4.15. The number of benzene rings is 1. The average Bonchev–Trinajstić information content (AvgIpc) is 3.26. The molecule has 2 amide bonds. The highest BCUT2D eigenvalue weighted by molar-refractivity contribution is 7.18. The van der Waals surface area contributed by atoms with Crippen LogP contribution in [-0.2, 0) is 27.2 Å². The molecule has 1 aromatic heterocycles. The third kappa shape index (κ3) is 9.47.